The van der Waals surface area contributed by atoms with Gasteiger partial charge < -0.3 is 10.2 Å². The summed E-state index contributed by atoms with van der Waals surface area (Å²) in [6, 6.07) is 13.3. The van der Waals surface area contributed by atoms with Crippen LogP contribution in [-0.4, -0.2) is 25.1 Å². The minimum absolute atomic E-state index is 0.0992. The number of amides is 1. The van der Waals surface area contributed by atoms with E-state index in [0.29, 0.717) is 24.2 Å². The van der Waals surface area contributed by atoms with E-state index in [9.17, 15) is 14.9 Å². The summed E-state index contributed by atoms with van der Waals surface area (Å²) in [5.74, 6) is -4.33. The molecule has 2 rings (SSSR count). The summed E-state index contributed by atoms with van der Waals surface area (Å²) < 4.78 is 37.4. The molecule has 2 N–H and O–H groups in total. The number of carbonyl (C=O) groups is 1. The van der Waals surface area contributed by atoms with Crippen molar-refractivity contribution in [2.24, 2.45) is 5.73 Å². The number of para-hydroxylation sites is 1. The van der Waals surface area contributed by atoms with Crippen molar-refractivity contribution < 1.29 is 22.9 Å². The number of nitrogens with two attached hydrogens (primary N) is 1. The molecule has 0 aliphatic carbocycles. The van der Waals surface area contributed by atoms with Gasteiger partial charge in [-0.2, -0.15) is 8.78 Å². The summed E-state index contributed by atoms with van der Waals surface area (Å²) in [6.45, 7) is 5.69. The predicted octanol–water partition coefficient (Wildman–Crippen LogP) is 6.11. The van der Waals surface area contributed by atoms with Crippen LogP contribution in [0.25, 0.3) is 6.08 Å². The van der Waals surface area contributed by atoms with Crippen molar-refractivity contribution in [3.63, 3.8) is 0 Å². The lowest BCUT2D eigenvalue weighted by molar-refractivity contribution is -0.386. The number of nitrogens with zero attached hydrogens (tertiary/aromatic N) is 1. The molecule has 32 heavy (non-hydrogen) atoms. The summed E-state index contributed by atoms with van der Waals surface area (Å²) in [5, 5.41) is 11.6. The molecule has 0 aromatic heterocycles. The van der Waals surface area contributed by atoms with Gasteiger partial charge in [0.2, 0.25) is 5.91 Å². The molecule has 1 unspecified atom stereocenters. The van der Waals surface area contributed by atoms with Crippen molar-refractivity contribution in [3.8, 4) is 0 Å². The number of nitro benzene ring substituents is 1. The van der Waals surface area contributed by atoms with Gasteiger partial charge in [-0.25, -0.2) is 0 Å². The Hall–Kier alpha value is -2.91. The first kappa shape index (κ1) is 25.3. The van der Waals surface area contributed by atoms with Gasteiger partial charge in [0.25, 0.3) is 11.6 Å². The average molecular weight is 463 g/mol. The summed E-state index contributed by atoms with van der Waals surface area (Å²) in [7, 11) is -2.58. The first-order valence-electron chi connectivity index (χ1n) is 10.5. The van der Waals surface area contributed by atoms with Crippen LogP contribution in [0.1, 0.15) is 48.4 Å². The molecule has 0 saturated carbocycles. The SMILES string of the molecule is CC[Si](CC)(CC)OC(c1ccccc1[N+](=O)[O-])C(F)(F)C=Cc1ccccc1C(N)=O. The van der Waals surface area contributed by atoms with Crippen molar-refractivity contribution in [2.45, 2.75) is 50.9 Å². The zero-order chi connectivity index (χ0) is 23.9. The zero-order valence-electron chi connectivity index (χ0n) is 18.4. The highest BCUT2D eigenvalue weighted by molar-refractivity contribution is 6.73. The van der Waals surface area contributed by atoms with Gasteiger partial charge in [-0.1, -0.05) is 57.2 Å². The summed E-state index contributed by atoms with van der Waals surface area (Å²) >= 11 is 0. The summed E-state index contributed by atoms with van der Waals surface area (Å²) in [6.07, 6.45) is -0.0955. The van der Waals surface area contributed by atoms with Crippen LogP contribution in [-0.2, 0) is 4.43 Å². The van der Waals surface area contributed by atoms with Crippen LogP contribution in [0.2, 0.25) is 18.1 Å². The Morgan fingerprint density at radius 1 is 1.12 bits per heavy atom. The molecule has 0 saturated heterocycles. The number of hydrogen-bond acceptors (Lipinski definition) is 4. The summed E-state index contributed by atoms with van der Waals surface area (Å²) in [4.78, 5) is 22.5. The Morgan fingerprint density at radius 2 is 1.69 bits per heavy atom. The highest BCUT2D eigenvalue weighted by Gasteiger charge is 2.46. The Balaban J connectivity index is 2.61. The molecule has 0 fully saturated rings. The Morgan fingerprint density at radius 3 is 2.25 bits per heavy atom. The number of alkyl halides is 2. The van der Waals surface area contributed by atoms with Gasteiger partial charge in [0.05, 0.1) is 10.5 Å². The first-order chi connectivity index (χ1) is 15.1. The van der Waals surface area contributed by atoms with E-state index in [-0.39, 0.29) is 16.7 Å². The standard InChI is InChI=1S/C23H28F2N2O4Si/c1-4-32(5-2,6-3)31-21(19-13-9-10-14-20(19)27(29)30)23(24,25)16-15-17-11-7-8-12-18(17)22(26)28/h7-16,21H,4-6H2,1-3H3,(H2,26,28). The largest absolute Gasteiger partial charge is 0.404 e. The lowest BCUT2D eigenvalue weighted by Crippen LogP contribution is -2.42. The fraction of sp³-hybridized carbons (Fsp3) is 0.348. The maximum absolute atomic E-state index is 15.6. The van der Waals surface area contributed by atoms with Gasteiger partial charge in [0, 0.05) is 11.6 Å². The molecule has 1 atom stereocenters. The molecule has 0 radical (unpaired) electrons. The van der Waals surface area contributed by atoms with E-state index in [2.05, 4.69) is 0 Å². The van der Waals surface area contributed by atoms with Crippen molar-refractivity contribution in [1.82, 2.24) is 0 Å². The van der Waals surface area contributed by atoms with Crippen molar-refractivity contribution in [3.05, 3.63) is 81.4 Å². The molecule has 0 bridgehead atoms. The molecule has 0 aliphatic rings. The van der Waals surface area contributed by atoms with Crippen LogP contribution in [0.4, 0.5) is 14.5 Å². The number of halogens is 2. The monoisotopic (exact) mass is 462 g/mol. The Labute approximate surface area is 187 Å². The van der Waals surface area contributed by atoms with Crippen molar-refractivity contribution >= 4 is 26.0 Å². The van der Waals surface area contributed by atoms with E-state index in [1.807, 2.05) is 20.8 Å². The van der Waals surface area contributed by atoms with E-state index >= 15 is 8.78 Å². The molecule has 6 nitrogen and oxygen atoms in total. The minimum atomic E-state index is -3.59. The van der Waals surface area contributed by atoms with Crippen LogP contribution < -0.4 is 5.73 Å². The van der Waals surface area contributed by atoms with Crippen molar-refractivity contribution in [2.75, 3.05) is 0 Å². The van der Waals surface area contributed by atoms with E-state index in [4.69, 9.17) is 10.2 Å². The molecule has 172 valence electrons. The fourth-order valence-corrected chi connectivity index (χ4v) is 6.41. The number of hydrogen-bond donors (Lipinski definition) is 1. The molecular formula is C23H28F2N2O4Si. The molecule has 0 aliphatic heterocycles. The highest BCUT2D eigenvalue weighted by Crippen LogP contribution is 2.43. The second-order valence-electron chi connectivity index (χ2n) is 7.52. The second-order valence-corrected chi connectivity index (χ2v) is 12.2. The zero-order valence-corrected chi connectivity index (χ0v) is 19.4. The van der Waals surface area contributed by atoms with E-state index < -0.39 is 36.9 Å². The van der Waals surface area contributed by atoms with E-state index in [0.717, 1.165) is 6.08 Å². The van der Waals surface area contributed by atoms with Gasteiger partial charge >= 0.3 is 0 Å². The van der Waals surface area contributed by atoms with Crippen LogP contribution in [0.15, 0.2) is 54.6 Å². The molecule has 0 heterocycles. The third kappa shape index (κ3) is 5.66. The molecule has 9 heteroatoms. The Kier molecular flexibility index (Phi) is 8.40. The molecule has 1 amide bonds. The Bertz CT molecular complexity index is 985. The third-order valence-electron chi connectivity index (χ3n) is 5.78. The molecular weight excluding hydrogens is 434 g/mol. The van der Waals surface area contributed by atoms with Crippen LogP contribution >= 0.6 is 0 Å². The van der Waals surface area contributed by atoms with Gasteiger partial charge in [0.1, 0.15) is 6.10 Å². The van der Waals surface area contributed by atoms with Gasteiger partial charge in [0.15, 0.2) is 8.32 Å². The number of benzene rings is 2. The first-order valence-corrected chi connectivity index (χ1v) is 13.0. The summed E-state index contributed by atoms with van der Waals surface area (Å²) in [5.41, 5.74) is 5.07. The average Bonchev–Trinajstić information content (AvgIpc) is 2.79. The fourth-order valence-electron chi connectivity index (χ4n) is 3.63. The highest BCUT2D eigenvalue weighted by atomic mass is 28.4. The number of primary amides is 1. The quantitative estimate of drug-likeness (QED) is 0.248. The van der Waals surface area contributed by atoms with Crippen LogP contribution in [0, 0.1) is 10.1 Å². The van der Waals surface area contributed by atoms with E-state index in [1.54, 1.807) is 12.1 Å². The van der Waals surface area contributed by atoms with Gasteiger partial charge in [-0.05, 0) is 41.9 Å². The predicted molar refractivity (Wildman–Crippen MR) is 123 cm³/mol. The minimum Gasteiger partial charge on any atom is -0.404 e. The van der Waals surface area contributed by atoms with Crippen molar-refractivity contribution in [1.29, 1.82) is 0 Å². The van der Waals surface area contributed by atoms with Crippen LogP contribution in [0.5, 0.6) is 0 Å². The normalized spacial score (nSPS) is 13.3. The molecule has 2 aromatic carbocycles. The lowest BCUT2D eigenvalue weighted by Gasteiger charge is -2.36. The maximum atomic E-state index is 15.6. The number of carbonyl (C=O) groups excluding carboxylic acids is 1. The van der Waals surface area contributed by atoms with E-state index in [1.165, 1.54) is 36.4 Å². The lowest BCUT2D eigenvalue weighted by atomic mass is 9.99. The van der Waals surface area contributed by atoms with Gasteiger partial charge in [-0.15, -0.1) is 0 Å². The number of rotatable bonds is 11. The van der Waals surface area contributed by atoms with Gasteiger partial charge in [-0.3, -0.25) is 14.9 Å². The maximum Gasteiger partial charge on any atom is 0.295 e. The number of nitro groups is 1. The smallest absolute Gasteiger partial charge is 0.295 e. The second kappa shape index (κ2) is 10.6. The van der Waals surface area contributed by atoms with Crippen LogP contribution in [0.3, 0.4) is 0 Å². The topological polar surface area (TPSA) is 95.5 Å². The molecule has 0 spiro atoms. The third-order valence-corrected chi connectivity index (χ3v) is 10.4. The molecule has 2 aromatic rings.